The Kier molecular flexibility index (Phi) is 5.11. The molecule has 22 heavy (non-hydrogen) atoms. The molecule has 1 saturated heterocycles. The highest BCUT2D eigenvalue weighted by molar-refractivity contribution is 5.92. The molecule has 0 aliphatic carbocycles. The molecule has 3 nitrogen and oxygen atoms in total. The lowest BCUT2D eigenvalue weighted by atomic mass is 9.97. The van der Waals surface area contributed by atoms with Crippen LogP contribution in [0.25, 0.3) is 0 Å². The number of nitrogens with zero attached hydrogens (tertiary/aromatic N) is 1. The van der Waals surface area contributed by atoms with Gasteiger partial charge in [-0.15, -0.1) is 0 Å². The highest BCUT2D eigenvalue weighted by Gasteiger charge is 2.31. The maximum absolute atomic E-state index is 12.7. The zero-order valence-electron chi connectivity index (χ0n) is 12.8. The summed E-state index contributed by atoms with van der Waals surface area (Å²) in [5.41, 5.74) is -0.581. The lowest BCUT2D eigenvalue weighted by Crippen LogP contribution is -2.47. The Labute approximate surface area is 128 Å². The van der Waals surface area contributed by atoms with E-state index >= 15 is 0 Å². The van der Waals surface area contributed by atoms with Gasteiger partial charge in [0.25, 0.3) is 0 Å². The number of alkyl halides is 3. The van der Waals surface area contributed by atoms with Gasteiger partial charge in [0.1, 0.15) is 0 Å². The molecular weight excluding hydrogens is 293 g/mol. The maximum atomic E-state index is 12.7. The summed E-state index contributed by atoms with van der Waals surface area (Å²) < 4.78 is 38.0. The minimum atomic E-state index is -4.41. The molecule has 2 unspecified atom stereocenters. The molecule has 2 atom stereocenters. The first-order valence-corrected chi connectivity index (χ1v) is 7.50. The van der Waals surface area contributed by atoms with Gasteiger partial charge in [0.15, 0.2) is 0 Å². The molecule has 122 valence electrons. The summed E-state index contributed by atoms with van der Waals surface area (Å²) >= 11 is 0. The summed E-state index contributed by atoms with van der Waals surface area (Å²) in [6.45, 7) is 4.36. The Morgan fingerprint density at radius 3 is 2.50 bits per heavy atom. The number of likely N-dealkylation sites (tertiary alicyclic amines) is 1. The van der Waals surface area contributed by atoms with Crippen LogP contribution >= 0.6 is 0 Å². The Hall–Kier alpha value is -1.56. The van der Waals surface area contributed by atoms with Gasteiger partial charge in [-0.05, 0) is 44.9 Å². The first-order valence-electron chi connectivity index (χ1n) is 7.50. The third-order valence-electron chi connectivity index (χ3n) is 4.18. The molecule has 1 aliphatic rings. The average molecular weight is 314 g/mol. The van der Waals surface area contributed by atoms with Crippen molar-refractivity contribution in [3.8, 4) is 0 Å². The molecule has 0 radical (unpaired) electrons. The molecule has 1 N–H and O–H groups in total. The van der Waals surface area contributed by atoms with Crippen LogP contribution in [0.2, 0.25) is 0 Å². The van der Waals surface area contributed by atoms with Gasteiger partial charge in [0, 0.05) is 17.8 Å². The summed E-state index contributed by atoms with van der Waals surface area (Å²) in [6.07, 6.45) is -1.17. The third kappa shape index (κ3) is 4.22. The number of rotatable bonds is 3. The summed E-state index contributed by atoms with van der Waals surface area (Å²) in [4.78, 5) is 14.2. The molecule has 2 rings (SSSR count). The summed E-state index contributed by atoms with van der Waals surface area (Å²) in [5, 5.41) is 2.56. The molecule has 1 amide bonds. The lowest BCUT2D eigenvalue weighted by molar-refractivity contribution is -0.137. The summed E-state index contributed by atoms with van der Waals surface area (Å²) in [6, 6.07) is 5.35. The molecule has 6 heteroatoms. The van der Waals surface area contributed by atoms with Crippen LogP contribution in [0, 0.1) is 0 Å². The van der Waals surface area contributed by atoms with Crippen molar-refractivity contribution < 1.29 is 18.0 Å². The van der Waals surface area contributed by atoms with E-state index in [-0.39, 0.29) is 18.1 Å². The Morgan fingerprint density at radius 2 is 1.91 bits per heavy atom. The second kappa shape index (κ2) is 6.69. The van der Waals surface area contributed by atoms with Gasteiger partial charge in [-0.3, -0.25) is 9.69 Å². The largest absolute Gasteiger partial charge is 0.416 e. The smallest absolute Gasteiger partial charge is 0.325 e. The maximum Gasteiger partial charge on any atom is 0.416 e. The molecule has 1 aromatic carbocycles. The summed E-state index contributed by atoms with van der Waals surface area (Å²) in [7, 11) is 0. The van der Waals surface area contributed by atoms with Crippen LogP contribution < -0.4 is 5.32 Å². The first-order chi connectivity index (χ1) is 10.3. The van der Waals surface area contributed by atoms with Crippen LogP contribution in [0.4, 0.5) is 18.9 Å². The Bertz CT molecular complexity index is 520. The van der Waals surface area contributed by atoms with E-state index < -0.39 is 11.7 Å². The van der Waals surface area contributed by atoms with Crippen LogP contribution in [0.5, 0.6) is 0 Å². The minimum Gasteiger partial charge on any atom is -0.325 e. The van der Waals surface area contributed by atoms with Crippen LogP contribution in [0.1, 0.15) is 38.7 Å². The fourth-order valence-electron chi connectivity index (χ4n) is 2.93. The van der Waals surface area contributed by atoms with Crippen molar-refractivity contribution in [2.24, 2.45) is 0 Å². The standard InChI is InChI=1S/C16H21F3N2O/c1-11-5-3-6-12(2)21(11)10-15(22)20-14-8-4-7-13(9-14)16(17,18)19/h4,7-9,11-12H,3,5-6,10H2,1-2H3,(H,20,22). The number of anilines is 1. The highest BCUT2D eigenvalue weighted by Crippen LogP contribution is 2.30. The number of hydrogen-bond acceptors (Lipinski definition) is 2. The van der Waals surface area contributed by atoms with Crippen molar-refractivity contribution in [3.63, 3.8) is 0 Å². The van der Waals surface area contributed by atoms with E-state index in [0.717, 1.165) is 31.4 Å². The molecule has 1 heterocycles. The fraction of sp³-hybridized carbons (Fsp3) is 0.562. The van der Waals surface area contributed by atoms with Crippen LogP contribution in [-0.4, -0.2) is 29.4 Å². The van der Waals surface area contributed by atoms with Gasteiger partial charge in [0.05, 0.1) is 12.1 Å². The van der Waals surface area contributed by atoms with Gasteiger partial charge in [-0.25, -0.2) is 0 Å². The zero-order chi connectivity index (χ0) is 16.3. The van der Waals surface area contributed by atoms with Gasteiger partial charge in [-0.2, -0.15) is 13.2 Å². The summed E-state index contributed by atoms with van der Waals surface area (Å²) in [5.74, 6) is -0.278. The fourth-order valence-corrected chi connectivity index (χ4v) is 2.93. The monoisotopic (exact) mass is 314 g/mol. The Morgan fingerprint density at radius 1 is 1.27 bits per heavy atom. The first kappa shape index (κ1) is 16.8. The van der Waals surface area contributed by atoms with Crippen molar-refractivity contribution in [3.05, 3.63) is 29.8 Å². The molecule has 0 spiro atoms. The minimum absolute atomic E-state index is 0.178. The van der Waals surface area contributed by atoms with Gasteiger partial charge in [-0.1, -0.05) is 12.5 Å². The molecule has 1 aliphatic heterocycles. The van der Waals surface area contributed by atoms with Crippen molar-refractivity contribution in [2.45, 2.75) is 51.4 Å². The zero-order valence-corrected chi connectivity index (χ0v) is 12.8. The third-order valence-corrected chi connectivity index (χ3v) is 4.18. The van der Waals surface area contributed by atoms with Crippen LogP contribution in [-0.2, 0) is 11.0 Å². The van der Waals surface area contributed by atoms with Crippen molar-refractivity contribution >= 4 is 11.6 Å². The SMILES string of the molecule is CC1CCCC(C)N1CC(=O)Nc1cccc(C(F)(F)F)c1. The second-order valence-electron chi connectivity index (χ2n) is 5.93. The van der Waals surface area contributed by atoms with Crippen molar-refractivity contribution in [1.82, 2.24) is 4.90 Å². The van der Waals surface area contributed by atoms with E-state index in [0.29, 0.717) is 12.1 Å². The van der Waals surface area contributed by atoms with E-state index in [1.165, 1.54) is 12.1 Å². The number of carbonyl (C=O) groups is 1. The predicted molar refractivity (Wildman–Crippen MR) is 79.6 cm³/mol. The molecular formula is C16H21F3N2O. The molecule has 0 aromatic heterocycles. The van der Waals surface area contributed by atoms with E-state index in [2.05, 4.69) is 24.1 Å². The second-order valence-corrected chi connectivity index (χ2v) is 5.93. The average Bonchev–Trinajstić information content (AvgIpc) is 2.42. The number of amides is 1. The van der Waals surface area contributed by atoms with E-state index in [4.69, 9.17) is 0 Å². The predicted octanol–water partition coefficient (Wildman–Crippen LogP) is 3.91. The number of benzene rings is 1. The van der Waals surface area contributed by atoms with E-state index in [1.54, 1.807) is 0 Å². The normalized spacial score (nSPS) is 23.3. The quantitative estimate of drug-likeness (QED) is 0.917. The van der Waals surface area contributed by atoms with Crippen LogP contribution in [0.3, 0.4) is 0 Å². The van der Waals surface area contributed by atoms with Crippen molar-refractivity contribution in [2.75, 3.05) is 11.9 Å². The van der Waals surface area contributed by atoms with E-state index in [9.17, 15) is 18.0 Å². The molecule has 1 fully saturated rings. The molecule has 0 bridgehead atoms. The van der Waals surface area contributed by atoms with Crippen LogP contribution in [0.15, 0.2) is 24.3 Å². The Balaban J connectivity index is 2.00. The lowest BCUT2D eigenvalue weighted by Gasteiger charge is -2.38. The number of nitrogens with one attached hydrogen (secondary N) is 1. The molecule has 1 aromatic rings. The van der Waals surface area contributed by atoms with Gasteiger partial charge >= 0.3 is 6.18 Å². The molecule has 0 saturated carbocycles. The van der Waals surface area contributed by atoms with Gasteiger partial charge < -0.3 is 5.32 Å². The number of piperidine rings is 1. The number of carbonyl (C=O) groups excluding carboxylic acids is 1. The number of hydrogen-bond donors (Lipinski definition) is 1. The number of halogens is 3. The topological polar surface area (TPSA) is 32.3 Å². The van der Waals surface area contributed by atoms with Gasteiger partial charge in [0.2, 0.25) is 5.91 Å². The highest BCUT2D eigenvalue weighted by atomic mass is 19.4. The van der Waals surface area contributed by atoms with Crippen molar-refractivity contribution in [1.29, 1.82) is 0 Å². The van der Waals surface area contributed by atoms with E-state index in [1.807, 2.05) is 0 Å².